The number of amides is 1. The average Bonchev–Trinajstić information content (AvgIpc) is 2.70. The lowest BCUT2D eigenvalue weighted by molar-refractivity contribution is -0.130. The Morgan fingerprint density at radius 2 is 1.78 bits per heavy atom. The first-order valence-corrected chi connectivity index (χ1v) is 9.93. The van der Waals surface area contributed by atoms with Crippen molar-refractivity contribution < 1.29 is 22.7 Å². The molecule has 0 unspecified atom stereocenters. The summed E-state index contributed by atoms with van der Waals surface area (Å²) in [7, 11) is -1.13. The van der Waals surface area contributed by atoms with Crippen LogP contribution in [0.2, 0.25) is 0 Å². The Kier molecular flexibility index (Phi) is 7.20. The van der Waals surface area contributed by atoms with Crippen LogP contribution in [0.4, 0.5) is 0 Å². The number of nitrogens with zero attached hydrogens (tertiary/aromatic N) is 1. The first-order chi connectivity index (χ1) is 12.9. The number of benzene rings is 2. The van der Waals surface area contributed by atoms with E-state index < -0.39 is 10.0 Å². The van der Waals surface area contributed by atoms with Gasteiger partial charge in [0.2, 0.25) is 15.9 Å². The zero-order valence-electron chi connectivity index (χ0n) is 15.6. The van der Waals surface area contributed by atoms with Gasteiger partial charge in [-0.1, -0.05) is 30.3 Å². The lowest BCUT2D eigenvalue weighted by Gasteiger charge is -2.21. The summed E-state index contributed by atoms with van der Waals surface area (Å²) < 4.78 is 37.8. The van der Waals surface area contributed by atoms with Gasteiger partial charge in [0.15, 0.2) is 0 Å². The van der Waals surface area contributed by atoms with Crippen molar-refractivity contribution in [1.82, 2.24) is 9.62 Å². The van der Waals surface area contributed by atoms with Crippen LogP contribution in [-0.4, -0.2) is 46.5 Å². The van der Waals surface area contributed by atoms with Crippen LogP contribution in [0, 0.1) is 0 Å². The number of nitrogens with one attached hydrogen (secondary N) is 1. The third kappa shape index (κ3) is 5.45. The molecule has 2 aromatic rings. The number of carbonyl (C=O) groups excluding carboxylic acids is 1. The average molecular weight is 392 g/mol. The van der Waals surface area contributed by atoms with Crippen LogP contribution in [0.5, 0.6) is 11.5 Å². The highest BCUT2D eigenvalue weighted by Gasteiger charge is 2.22. The van der Waals surface area contributed by atoms with E-state index in [1.54, 1.807) is 11.0 Å². The number of rotatable bonds is 9. The molecule has 8 heteroatoms. The summed E-state index contributed by atoms with van der Waals surface area (Å²) in [6, 6.07) is 14.0. The zero-order chi connectivity index (χ0) is 19.9. The van der Waals surface area contributed by atoms with Gasteiger partial charge in [0.1, 0.15) is 16.4 Å². The van der Waals surface area contributed by atoms with Gasteiger partial charge in [0.25, 0.3) is 0 Å². The van der Waals surface area contributed by atoms with E-state index in [-0.39, 0.29) is 23.1 Å². The molecule has 1 N–H and O–H groups in total. The largest absolute Gasteiger partial charge is 0.497 e. The lowest BCUT2D eigenvalue weighted by Crippen LogP contribution is -2.39. The molecule has 2 aromatic carbocycles. The Bertz CT molecular complexity index is 869. The van der Waals surface area contributed by atoms with Crippen LogP contribution < -0.4 is 14.2 Å². The van der Waals surface area contributed by atoms with Crippen LogP contribution in [0.25, 0.3) is 0 Å². The molecule has 0 spiro atoms. The molecule has 0 fully saturated rings. The minimum absolute atomic E-state index is 0.0803. The normalized spacial score (nSPS) is 11.1. The molecule has 0 radical (unpaired) electrons. The number of ether oxygens (including phenoxy) is 2. The van der Waals surface area contributed by atoms with Crippen molar-refractivity contribution in [3.63, 3.8) is 0 Å². The lowest BCUT2D eigenvalue weighted by atomic mass is 10.2. The number of methoxy groups -OCH3 is 2. The summed E-state index contributed by atoms with van der Waals surface area (Å²) in [6.45, 7) is 2.39. The van der Waals surface area contributed by atoms with E-state index in [2.05, 4.69) is 4.72 Å². The van der Waals surface area contributed by atoms with Gasteiger partial charge in [-0.05, 0) is 24.6 Å². The van der Waals surface area contributed by atoms with Gasteiger partial charge in [-0.3, -0.25) is 4.79 Å². The van der Waals surface area contributed by atoms with Crippen molar-refractivity contribution in [3.05, 3.63) is 54.1 Å². The predicted octanol–water partition coefficient (Wildman–Crippen LogP) is 2.03. The fourth-order valence-electron chi connectivity index (χ4n) is 2.52. The molecule has 0 aliphatic heterocycles. The number of hydrogen-bond donors (Lipinski definition) is 1. The second kappa shape index (κ2) is 9.38. The molecule has 0 saturated carbocycles. The van der Waals surface area contributed by atoms with Crippen LogP contribution in [0.3, 0.4) is 0 Å². The summed E-state index contributed by atoms with van der Waals surface area (Å²) in [4.78, 5) is 14.0. The van der Waals surface area contributed by atoms with Crippen molar-refractivity contribution in [2.45, 2.75) is 18.4 Å². The van der Waals surface area contributed by atoms with Gasteiger partial charge in [-0.25, -0.2) is 13.1 Å². The predicted molar refractivity (Wildman–Crippen MR) is 102 cm³/mol. The maximum atomic E-state index is 12.6. The maximum absolute atomic E-state index is 12.6. The molecule has 2 rings (SSSR count). The molecule has 27 heavy (non-hydrogen) atoms. The smallest absolute Gasteiger partial charge is 0.244 e. The monoisotopic (exact) mass is 392 g/mol. The molecule has 0 atom stereocenters. The molecular weight excluding hydrogens is 368 g/mol. The highest BCUT2D eigenvalue weighted by Crippen LogP contribution is 2.27. The Labute approximate surface area is 160 Å². The molecule has 146 valence electrons. The quantitative estimate of drug-likeness (QED) is 0.706. The van der Waals surface area contributed by atoms with E-state index in [1.165, 1.54) is 26.4 Å². The Morgan fingerprint density at radius 1 is 1.07 bits per heavy atom. The van der Waals surface area contributed by atoms with E-state index in [1.807, 2.05) is 37.3 Å². The van der Waals surface area contributed by atoms with Gasteiger partial charge >= 0.3 is 0 Å². The van der Waals surface area contributed by atoms with Crippen molar-refractivity contribution in [2.24, 2.45) is 0 Å². The standard InChI is InChI=1S/C19H24N2O5S/c1-4-21(14-15-8-6-5-7-9-15)19(22)13-20-27(23,24)18-12-16(25-2)10-11-17(18)26-3/h5-12,20H,4,13-14H2,1-3H3. The van der Waals surface area contributed by atoms with Crippen LogP contribution in [0.15, 0.2) is 53.4 Å². The van der Waals surface area contributed by atoms with E-state index in [0.29, 0.717) is 18.8 Å². The van der Waals surface area contributed by atoms with Crippen molar-refractivity contribution in [2.75, 3.05) is 27.3 Å². The Balaban J connectivity index is 2.10. The third-order valence-corrected chi connectivity index (χ3v) is 5.45. The second-order valence-corrected chi connectivity index (χ2v) is 7.47. The highest BCUT2D eigenvalue weighted by atomic mass is 32.2. The van der Waals surface area contributed by atoms with E-state index in [9.17, 15) is 13.2 Å². The zero-order valence-corrected chi connectivity index (χ0v) is 16.5. The van der Waals surface area contributed by atoms with Crippen molar-refractivity contribution in [3.8, 4) is 11.5 Å². The van der Waals surface area contributed by atoms with Gasteiger partial charge < -0.3 is 14.4 Å². The first-order valence-electron chi connectivity index (χ1n) is 8.44. The van der Waals surface area contributed by atoms with Gasteiger partial charge in [-0.15, -0.1) is 0 Å². The van der Waals surface area contributed by atoms with Crippen LogP contribution >= 0.6 is 0 Å². The van der Waals surface area contributed by atoms with Gasteiger partial charge in [0, 0.05) is 19.2 Å². The minimum Gasteiger partial charge on any atom is -0.497 e. The highest BCUT2D eigenvalue weighted by molar-refractivity contribution is 7.89. The second-order valence-electron chi connectivity index (χ2n) is 5.73. The van der Waals surface area contributed by atoms with E-state index in [4.69, 9.17) is 9.47 Å². The molecule has 0 heterocycles. The fourth-order valence-corrected chi connectivity index (χ4v) is 3.68. The van der Waals surface area contributed by atoms with Gasteiger partial charge in [0.05, 0.1) is 20.8 Å². The molecule has 0 saturated heterocycles. The molecule has 0 aliphatic carbocycles. The molecule has 7 nitrogen and oxygen atoms in total. The maximum Gasteiger partial charge on any atom is 0.244 e. The van der Waals surface area contributed by atoms with Crippen LogP contribution in [-0.2, 0) is 21.4 Å². The van der Waals surface area contributed by atoms with Crippen LogP contribution in [0.1, 0.15) is 12.5 Å². The number of likely N-dealkylation sites (N-methyl/N-ethyl adjacent to an activating group) is 1. The first kappa shape index (κ1) is 20.7. The molecule has 0 aliphatic rings. The summed E-state index contributed by atoms with van der Waals surface area (Å²) >= 11 is 0. The Hall–Kier alpha value is -2.58. The summed E-state index contributed by atoms with van der Waals surface area (Å²) in [5.41, 5.74) is 0.977. The molecule has 0 bridgehead atoms. The fraction of sp³-hybridized carbons (Fsp3) is 0.316. The summed E-state index contributed by atoms with van der Waals surface area (Å²) in [5, 5.41) is 0. The van der Waals surface area contributed by atoms with Crippen molar-refractivity contribution >= 4 is 15.9 Å². The Morgan fingerprint density at radius 3 is 2.37 bits per heavy atom. The summed E-state index contributed by atoms with van der Waals surface area (Å²) in [6.07, 6.45) is 0. The molecule has 0 aromatic heterocycles. The van der Waals surface area contributed by atoms with E-state index >= 15 is 0 Å². The van der Waals surface area contributed by atoms with Crippen molar-refractivity contribution in [1.29, 1.82) is 0 Å². The molecule has 1 amide bonds. The number of sulfonamides is 1. The molecular formula is C19H24N2O5S. The SMILES string of the molecule is CCN(Cc1ccccc1)C(=O)CNS(=O)(=O)c1cc(OC)ccc1OC. The third-order valence-electron chi connectivity index (χ3n) is 4.02. The number of hydrogen-bond acceptors (Lipinski definition) is 5. The minimum atomic E-state index is -3.95. The summed E-state index contributed by atoms with van der Waals surface area (Å²) in [5.74, 6) is 0.237. The topological polar surface area (TPSA) is 84.9 Å². The van der Waals surface area contributed by atoms with E-state index in [0.717, 1.165) is 5.56 Å². The number of carbonyl (C=O) groups is 1. The van der Waals surface area contributed by atoms with Gasteiger partial charge in [-0.2, -0.15) is 0 Å².